The number of rotatable bonds is 3. The molecule has 0 unspecified atom stereocenters. The van der Waals surface area contributed by atoms with E-state index in [4.69, 9.17) is 4.74 Å². The third kappa shape index (κ3) is 2.18. The van der Waals surface area contributed by atoms with Gasteiger partial charge in [0.25, 0.3) is 0 Å². The standard InChI is InChI=1S/C13H18N4O/c1-18-10-4-2-9(3-5-10)17-13-11-6-7-14-12(11)15-8-16-13/h6-10H,2-5H2,1H3,(H2,14,15,16,17). The van der Waals surface area contributed by atoms with E-state index in [0.29, 0.717) is 12.1 Å². The molecule has 0 amide bonds. The average Bonchev–Trinajstić information content (AvgIpc) is 2.89. The summed E-state index contributed by atoms with van der Waals surface area (Å²) >= 11 is 0. The SMILES string of the molecule is COC1CCC(Nc2ncnc3[nH]ccc23)CC1. The zero-order valence-corrected chi connectivity index (χ0v) is 10.5. The maximum Gasteiger partial charge on any atom is 0.142 e. The summed E-state index contributed by atoms with van der Waals surface area (Å²) in [5.41, 5.74) is 0.887. The van der Waals surface area contributed by atoms with Crippen LogP contribution in [0.25, 0.3) is 11.0 Å². The fourth-order valence-electron chi connectivity index (χ4n) is 2.62. The molecule has 0 atom stereocenters. The van der Waals surface area contributed by atoms with Crippen LogP contribution in [0.3, 0.4) is 0 Å². The van der Waals surface area contributed by atoms with Gasteiger partial charge in [0.1, 0.15) is 17.8 Å². The number of nitrogens with zero attached hydrogens (tertiary/aromatic N) is 2. The van der Waals surface area contributed by atoms with Gasteiger partial charge in [-0.3, -0.25) is 0 Å². The van der Waals surface area contributed by atoms with E-state index in [1.165, 1.54) is 0 Å². The van der Waals surface area contributed by atoms with Crippen molar-refractivity contribution in [1.29, 1.82) is 0 Å². The van der Waals surface area contributed by atoms with Gasteiger partial charge in [0.2, 0.25) is 0 Å². The molecule has 0 aliphatic heterocycles. The Bertz CT molecular complexity index is 516. The molecule has 1 saturated carbocycles. The number of nitrogens with one attached hydrogen (secondary N) is 2. The second-order valence-corrected chi connectivity index (χ2v) is 4.82. The van der Waals surface area contributed by atoms with Crippen molar-refractivity contribution < 1.29 is 4.74 Å². The minimum absolute atomic E-state index is 0.431. The van der Waals surface area contributed by atoms with Crippen LogP contribution in [0.4, 0.5) is 5.82 Å². The minimum atomic E-state index is 0.431. The van der Waals surface area contributed by atoms with Crippen LogP contribution in [0.1, 0.15) is 25.7 Å². The van der Waals surface area contributed by atoms with E-state index in [2.05, 4.69) is 20.3 Å². The highest BCUT2D eigenvalue weighted by Crippen LogP contribution is 2.25. The molecule has 0 radical (unpaired) electrons. The van der Waals surface area contributed by atoms with Crippen LogP contribution in [-0.4, -0.2) is 34.2 Å². The van der Waals surface area contributed by atoms with Gasteiger partial charge >= 0.3 is 0 Å². The number of ether oxygens (including phenoxy) is 1. The predicted molar refractivity (Wildman–Crippen MR) is 70.6 cm³/mol. The van der Waals surface area contributed by atoms with E-state index in [9.17, 15) is 0 Å². The summed E-state index contributed by atoms with van der Waals surface area (Å²) in [7, 11) is 1.80. The van der Waals surface area contributed by atoms with Gasteiger partial charge in [-0.1, -0.05) is 0 Å². The molecule has 0 saturated heterocycles. The Morgan fingerprint density at radius 3 is 2.89 bits per heavy atom. The number of fused-ring (bicyclic) bond motifs is 1. The molecule has 1 aliphatic carbocycles. The van der Waals surface area contributed by atoms with Crippen LogP contribution in [0.5, 0.6) is 0 Å². The lowest BCUT2D eigenvalue weighted by Gasteiger charge is -2.28. The van der Waals surface area contributed by atoms with Gasteiger partial charge in [-0.15, -0.1) is 0 Å². The highest BCUT2D eigenvalue weighted by Gasteiger charge is 2.21. The summed E-state index contributed by atoms with van der Waals surface area (Å²) in [6.07, 6.45) is 8.43. The molecule has 5 heteroatoms. The van der Waals surface area contributed by atoms with Crippen molar-refractivity contribution in [2.24, 2.45) is 0 Å². The molecule has 0 spiro atoms. The second kappa shape index (κ2) is 4.94. The highest BCUT2D eigenvalue weighted by molar-refractivity contribution is 5.86. The summed E-state index contributed by atoms with van der Waals surface area (Å²) in [4.78, 5) is 11.6. The summed E-state index contributed by atoms with van der Waals surface area (Å²) < 4.78 is 5.39. The van der Waals surface area contributed by atoms with Crippen molar-refractivity contribution in [3.05, 3.63) is 18.6 Å². The van der Waals surface area contributed by atoms with Crippen LogP contribution < -0.4 is 5.32 Å². The molecule has 2 heterocycles. The second-order valence-electron chi connectivity index (χ2n) is 4.82. The highest BCUT2D eigenvalue weighted by atomic mass is 16.5. The van der Waals surface area contributed by atoms with Gasteiger partial charge in [0.05, 0.1) is 11.5 Å². The fraction of sp³-hybridized carbons (Fsp3) is 0.538. The van der Waals surface area contributed by atoms with Crippen LogP contribution in [0, 0.1) is 0 Å². The normalized spacial score (nSPS) is 24.3. The van der Waals surface area contributed by atoms with Gasteiger partial charge in [-0.25, -0.2) is 9.97 Å². The molecule has 0 aromatic carbocycles. The van der Waals surface area contributed by atoms with E-state index in [1.807, 2.05) is 12.3 Å². The van der Waals surface area contributed by atoms with Crippen molar-refractivity contribution in [2.75, 3.05) is 12.4 Å². The Morgan fingerprint density at radius 2 is 2.11 bits per heavy atom. The van der Waals surface area contributed by atoms with E-state index < -0.39 is 0 Å². The van der Waals surface area contributed by atoms with Crippen LogP contribution in [0.2, 0.25) is 0 Å². The number of hydrogen-bond acceptors (Lipinski definition) is 4. The van der Waals surface area contributed by atoms with E-state index in [-0.39, 0.29) is 0 Å². The smallest absolute Gasteiger partial charge is 0.142 e. The molecule has 3 rings (SSSR count). The number of methoxy groups -OCH3 is 1. The van der Waals surface area contributed by atoms with E-state index in [1.54, 1.807) is 13.4 Å². The lowest BCUT2D eigenvalue weighted by molar-refractivity contribution is 0.0681. The lowest BCUT2D eigenvalue weighted by atomic mass is 9.93. The maximum absolute atomic E-state index is 5.39. The van der Waals surface area contributed by atoms with Crippen LogP contribution in [0.15, 0.2) is 18.6 Å². The van der Waals surface area contributed by atoms with Gasteiger partial charge in [-0.2, -0.15) is 0 Å². The number of aromatic amines is 1. The Kier molecular flexibility index (Phi) is 3.15. The molecule has 96 valence electrons. The van der Waals surface area contributed by atoms with Crippen LogP contribution >= 0.6 is 0 Å². The number of hydrogen-bond donors (Lipinski definition) is 2. The molecular formula is C13H18N4O. The molecular weight excluding hydrogens is 228 g/mol. The third-order valence-electron chi connectivity index (χ3n) is 3.70. The van der Waals surface area contributed by atoms with Gasteiger partial charge in [0, 0.05) is 19.3 Å². The largest absolute Gasteiger partial charge is 0.381 e. The third-order valence-corrected chi connectivity index (χ3v) is 3.70. The number of aromatic nitrogens is 3. The van der Waals surface area contributed by atoms with Crippen molar-refractivity contribution in [1.82, 2.24) is 15.0 Å². The first-order valence-electron chi connectivity index (χ1n) is 6.44. The Balaban J connectivity index is 1.71. The van der Waals surface area contributed by atoms with Gasteiger partial charge in [-0.05, 0) is 31.7 Å². The predicted octanol–water partition coefficient (Wildman–Crippen LogP) is 2.33. The summed E-state index contributed by atoms with van der Waals surface area (Å²) in [5.74, 6) is 0.933. The van der Waals surface area contributed by atoms with Crippen LogP contribution in [-0.2, 0) is 4.74 Å². The first-order chi connectivity index (χ1) is 8.86. The Morgan fingerprint density at radius 1 is 1.28 bits per heavy atom. The van der Waals surface area contributed by atoms with Crippen molar-refractivity contribution in [2.45, 2.75) is 37.8 Å². The number of H-pyrrole nitrogens is 1. The fourth-order valence-corrected chi connectivity index (χ4v) is 2.62. The summed E-state index contributed by atoms with van der Waals surface area (Å²) in [6.45, 7) is 0. The van der Waals surface area contributed by atoms with Crippen molar-refractivity contribution >= 4 is 16.9 Å². The molecule has 5 nitrogen and oxygen atoms in total. The molecule has 2 aromatic heterocycles. The maximum atomic E-state index is 5.39. The molecule has 0 bridgehead atoms. The molecule has 1 fully saturated rings. The Hall–Kier alpha value is -1.62. The average molecular weight is 246 g/mol. The van der Waals surface area contributed by atoms with Crippen molar-refractivity contribution in [3.63, 3.8) is 0 Å². The van der Waals surface area contributed by atoms with Gasteiger partial charge < -0.3 is 15.0 Å². The zero-order chi connectivity index (χ0) is 12.4. The lowest BCUT2D eigenvalue weighted by Crippen LogP contribution is -2.29. The first kappa shape index (κ1) is 11.5. The molecule has 2 aromatic rings. The molecule has 1 aliphatic rings. The summed E-state index contributed by atoms with van der Waals surface area (Å²) in [5, 5.41) is 4.59. The Labute approximate surface area is 106 Å². The summed E-state index contributed by atoms with van der Waals surface area (Å²) in [6, 6.07) is 2.50. The topological polar surface area (TPSA) is 62.8 Å². The quantitative estimate of drug-likeness (QED) is 0.872. The van der Waals surface area contributed by atoms with E-state index >= 15 is 0 Å². The number of anilines is 1. The first-order valence-corrected chi connectivity index (χ1v) is 6.44. The molecule has 2 N–H and O–H groups in total. The van der Waals surface area contributed by atoms with Gasteiger partial charge in [0.15, 0.2) is 0 Å². The van der Waals surface area contributed by atoms with Crippen molar-refractivity contribution in [3.8, 4) is 0 Å². The minimum Gasteiger partial charge on any atom is -0.381 e. The molecule has 18 heavy (non-hydrogen) atoms. The zero-order valence-electron chi connectivity index (χ0n) is 10.5. The monoisotopic (exact) mass is 246 g/mol. The van der Waals surface area contributed by atoms with E-state index in [0.717, 1.165) is 42.5 Å².